The molecule has 0 bridgehead atoms. The SMILES string of the molecule is CCOC(=O)Cc1ccc(OCC)c(-c2cc(C(F)(F)F)ccc2CN(CC)C(=O)OCc2ccc(F)cc2)c1. The number of amides is 1. The highest BCUT2D eigenvalue weighted by atomic mass is 19.4. The maximum Gasteiger partial charge on any atom is 0.416 e. The molecule has 0 aliphatic rings. The van der Waals surface area contributed by atoms with Gasteiger partial charge < -0.3 is 19.1 Å². The van der Waals surface area contributed by atoms with Crippen molar-refractivity contribution >= 4 is 12.1 Å². The van der Waals surface area contributed by atoms with Gasteiger partial charge in [0.15, 0.2) is 0 Å². The summed E-state index contributed by atoms with van der Waals surface area (Å²) in [7, 11) is 0. The summed E-state index contributed by atoms with van der Waals surface area (Å²) in [6.45, 7) is 5.66. The number of hydrogen-bond donors (Lipinski definition) is 0. The number of alkyl halides is 3. The van der Waals surface area contributed by atoms with Gasteiger partial charge in [-0.2, -0.15) is 13.2 Å². The fourth-order valence-corrected chi connectivity index (χ4v) is 4.03. The van der Waals surface area contributed by atoms with Crippen molar-refractivity contribution in [2.45, 2.75) is 46.5 Å². The summed E-state index contributed by atoms with van der Waals surface area (Å²) in [5.41, 5.74) is 1.22. The lowest BCUT2D eigenvalue weighted by molar-refractivity contribution is -0.142. The van der Waals surface area contributed by atoms with E-state index in [4.69, 9.17) is 14.2 Å². The Labute approximate surface area is 230 Å². The molecule has 214 valence electrons. The van der Waals surface area contributed by atoms with Crippen molar-refractivity contribution < 1.29 is 41.4 Å². The second kappa shape index (κ2) is 13.8. The molecule has 0 fully saturated rings. The van der Waals surface area contributed by atoms with Crippen LogP contribution in [0.5, 0.6) is 5.75 Å². The highest BCUT2D eigenvalue weighted by molar-refractivity contribution is 5.78. The Kier molecular flexibility index (Phi) is 10.5. The highest BCUT2D eigenvalue weighted by Crippen LogP contribution is 2.39. The summed E-state index contributed by atoms with van der Waals surface area (Å²) in [6.07, 6.45) is -5.36. The zero-order valence-electron chi connectivity index (χ0n) is 22.5. The molecule has 0 aliphatic heterocycles. The number of benzene rings is 3. The first kappa shape index (κ1) is 30.5. The molecule has 3 aromatic carbocycles. The van der Waals surface area contributed by atoms with E-state index in [1.54, 1.807) is 39.0 Å². The van der Waals surface area contributed by atoms with E-state index in [-0.39, 0.29) is 44.9 Å². The van der Waals surface area contributed by atoms with Crippen LogP contribution in [0.4, 0.5) is 22.4 Å². The summed E-state index contributed by atoms with van der Waals surface area (Å²) in [5, 5.41) is 0. The summed E-state index contributed by atoms with van der Waals surface area (Å²) in [6, 6.07) is 13.6. The van der Waals surface area contributed by atoms with Gasteiger partial charge in [0.1, 0.15) is 18.2 Å². The Hall–Kier alpha value is -4.08. The fourth-order valence-electron chi connectivity index (χ4n) is 4.03. The maximum absolute atomic E-state index is 13.7. The van der Waals surface area contributed by atoms with E-state index >= 15 is 0 Å². The molecular formula is C30H31F4NO5. The maximum atomic E-state index is 13.7. The van der Waals surface area contributed by atoms with Crippen LogP contribution >= 0.6 is 0 Å². The standard InChI is InChI=1S/C30H31F4NO5/c1-4-35(29(37)40-19-20-7-12-24(31)13-8-20)18-22-10-11-23(30(32,33)34)17-25(22)26-15-21(16-28(36)39-6-3)9-14-27(26)38-5-2/h7-15,17H,4-6,16,18-19H2,1-3H3. The molecule has 1 amide bonds. The number of hydrogen-bond acceptors (Lipinski definition) is 5. The second-order valence-electron chi connectivity index (χ2n) is 8.81. The van der Waals surface area contributed by atoms with Gasteiger partial charge in [0.05, 0.1) is 25.2 Å². The Morgan fingerprint density at radius 3 is 2.15 bits per heavy atom. The molecule has 10 heteroatoms. The summed E-state index contributed by atoms with van der Waals surface area (Å²) >= 11 is 0. The number of carbonyl (C=O) groups is 2. The molecular weight excluding hydrogens is 530 g/mol. The van der Waals surface area contributed by atoms with Crippen LogP contribution < -0.4 is 4.74 Å². The molecule has 0 unspecified atom stereocenters. The van der Waals surface area contributed by atoms with Crippen molar-refractivity contribution in [1.29, 1.82) is 0 Å². The van der Waals surface area contributed by atoms with Gasteiger partial charge in [-0.3, -0.25) is 4.79 Å². The topological polar surface area (TPSA) is 65.1 Å². The minimum atomic E-state index is -4.61. The smallest absolute Gasteiger partial charge is 0.416 e. The van der Waals surface area contributed by atoms with Crippen LogP contribution in [0.3, 0.4) is 0 Å². The number of halogens is 4. The molecule has 0 aliphatic carbocycles. The molecule has 6 nitrogen and oxygen atoms in total. The molecule has 0 saturated heterocycles. The van der Waals surface area contributed by atoms with E-state index in [1.165, 1.54) is 35.2 Å². The molecule has 0 saturated carbocycles. The first-order valence-electron chi connectivity index (χ1n) is 12.8. The number of ether oxygens (including phenoxy) is 3. The number of esters is 1. The van der Waals surface area contributed by atoms with E-state index in [2.05, 4.69) is 0 Å². The van der Waals surface area contributed by atoms with E-state index in [0.717, 1.165) is 12.1 Å². The quantitative estimate of drug-likeness (QED) is 0.183. The van der Waals surface area contributed by atoms with Gasteiger partial charge in [0.2, 0.25) is 0 Å². The minimum absolute atomic E-state index is 0.0557. The van der Waals surface area contributed by atoms with Crippen LogP contribution in [0.15, 0.2) is 60.7 Å². The molecule has 0 spiro atoms. The minimum Gasteiger partial charge on any atom is -0.493 e. The number of rotatable bonds is 11. The lowest BCUT2D eigenvalue weighted by Crippen LogP contribution is -2.31. The number of carbonyl (C=O) groups excluding carboxylic acids is 2. The van der Waals surface area contributed by atoms with Crippen molar-refractivity contribution in [3.8, 4) is 16.9 Å². The van der Waals surface area contributed by atoms with Gasteiger partial charge in [-0.1, -0.05) is 24.3 Å². The molecule has 0 heterocycles. The summed E-state index contributed by atoms with van der Waals surface area (Å²) in [4.78, 5) is 26.3. The van der Waals surface area contributed by atoms with E-state index in [1.807, 2.05) is 0 Å². The van der Waals surface area contributed by atoms with Crippen LogP contribution in [0.25, 0.3) is 11.1 Å². The molecule has 0 radical (unpaired) electrons. The van der Waals surface area contributed by atoms with Crippen molar-refractivity contribution in [3.63, 3.8) is 0 Å². The van der Waals surface area contributed by atoms with Crippen molar-refractivity contribution in [3.05, 3.63) is 88.7 Å². The van der Waals surface area contributed by atoms with Crippen LogP contribution in [-0.4, -0.2) is 36.7 Å². The zero-order chi connectivity index (χ0) is 29.3. The predicted octanol–water partition coefficient (Wildman–Crippen LogP) is 7.17. The first-order chi connectivity index (χ1) is 19.0. The Bertz CT molecular complexity index is 1310. The third kappa shape index (κ3) is 8.21. The Balaban J connectivity index is 1.99. The predicted molar refractivity (Wildman–Crippen MR) is 141 cm³/mol. The van der Waals surface area contributed by atoms with Crippen LogP contribution in [0.2, 0.25) is 0 Å². The third-order valence-electron chi connectivity index (χ3n) is 6.00. The van der Waals surface area contributed by atoms with Crippen molar-refractivity contribution in [2.75, 3.05) is 19.8 Å². The van der Waals surface area contributed by atoms with Crippen LogP contribution in [0.1, 0.15) is 43.0 Å². The van der Waals surface area contributed by atoms with Gasteiger partial charge in [-0.05, 0) is 79.4 Å². The lowest BCUT2D eigenvalue weighted by Gasteiger charge is -2.23. The van der Waals surface area contributed by atoms with Crippen LogP contribution in [-0.2, 0) is 40.0 Å². The second-order valence-corrected chi connectivity index (χ2v) is 8.81. The molecule has 0 N–H and O–H groups in total. The zero-order valence-corrected chi connectivity index (χ0v) is 22.5. The van der Waals surface area contributed by atoms with Crippen LogP contribution in [0, 0.1) is 5.82 Å². The lowest BCUT2D eigenvalue weighted by atomic mass is 9.94. The monoisotopic (exact) mass is 561 g/mol. The highest BCUT2D eigenvalue weighted by Gasteiger charge is 2.32. The average Bonchev–Trinajstić information content (AvgIpc) is 2.91. The van der Waals surface area contributed by atoms with Gasteiger partial charge in [0, 0.05) is 18.7 Å². The summed E-state index contributed by atoms with van der Waals surface area (Å²) < 4.78 is 70.5. The number of nitrogens with zero attached hydrogens (tertiary/aromatic N) is 1. The Morgan fingerprint density at radius 2 is 1.52 bits per heavy atom. The molecule has 3 rings (SSSR count). The van der Waals surface area contributed by atoms with E-state index < -0.39 is 29.6 Å². The van der Waals surface area contributed by atoms with Gasteiger partial charge in [-0.25, -0.2) is 9.18 Å². The molecule has 0 atom stereocenters. The van der Waals surface area contributed by atoms with E-state index in [0.29, 0.717) is 28.0 Å². The van der Waals surface area contributed by atoms with Crippen molar-refractivity contribution in [2.24, 2.45) is 0 Å². The average molecular weight is 562 g/mol. The molecule has 3 aromatic rings. The van der Waals surface area contributed by atoms with E-state index in [9.17, 15) is 27.2 Å². The molecule has 0 aromatic heterocycles. The molecule has 40 heavy (non-hydrogen) atoms. The fraction of sp³-hybridized carbons (Fsp3) is 0.333. The van der Waals surface area contributed by atoms with Gasteiger partial charge in [0.25, 0.3) is 0 Å². The normalized spacial score (nSPS) is 11.2. The summed E-state index contributed by atoms with van der Waals surface area (Å²) in [5.74, 6) is -0.557. The Morgan fingerprint density at radius 1 is 0.825 bits per heavy atom. The largest absolute Gasteiger partial charge is 0.493 e. The van der Waals surface area contributed by atoms with Gasteiger partial charge in [-0.15, -0.1) is 0 Å². The third-order valence-corrected chi connectivity index (χ3v) is 6.00. The first-order valence-corrected chi connectivity index (χ1v) is 12.8. The van der Waals surface area contributed by atoms with Crippen molar-refractivity contribution in [1.82, 2.24) is 4.90 Å². The van der Waals surface area contributed by atoms with Gasteiger partial charge >= 0.3 is 18.2 Å².